The summed E-state index contributed by atoms with van der Waals surface area (Å²) in [6.07, 6.45) is 3.61. The van der Waals surface area contributed by atoms with Crippen LogP contribution in [-0.2, 0) is 0 Å². The van der Waals surface area contributed by atoms with Crippen molar-refractivity contribution < 1.29 is 0 Å². The van der Waals surface area contributed by atoms with E-state index in [0.717, 1.165) is 11.0 Å². The molecule has 0 aromatic carbocycles. The van der Waals surface area contributed by atoms with E-state index < -0.39 is 0 Å². The topological polar surface area (TPSA) is 41.6 Å². The lowest BCUT2D eigenvalue weighted by molar-refractivity contribution is 1.10. The Morgan fingerprint density at radius 1 is 1.29 bits per heavy atom. The summed E-state index contributed by atoms with van der Waals surface area (Å²) in [5.41, 5.74) is 3.25. The number of hydrogen-bond acceptors (Lipinski definition) is 3. The molecule has 3 aromatic rings. The van der Waals surface area contributed by atoms with E-state index in [1.54, 1.807) is 17.5 Å². The summed E-state index contributed by atoms with van der Waals surface area (Å²) in [6, 6.07) is 4.12. The highest BCUT2D eigenvalue weighted by Crippen LogP contribution is 2.27. The molecule has 4 heteroatoms. The standard InChI is InChI=1S/C10H7N3S/c1-3-11-10-9(5-12-13-10)8(1)7-2-4-14-6-7/h1-6H,(H,11,12,13). The summed E-state index contributed by atoms with van der Waals surface area (Å²) in [7, 11) is 0. The maximum atomic E-state index is 4.20. The van der Waals surface area contributed by atoms with E-state index in [1.165, 1.54) is 11.1 Å². The van der Waals surface area contributed by atoms with E-state index in [0.29, 0.717) is 0 Å². The molecule has 3 nitrogen and oxygen atoms in total. The molecule has 3 aromatic heterocycles. The lowest BCUT2D eigenvalue weighted by Gasteiger charge is -1.97. The second kappa shape index (κ2) is 2.92. The largest absolute Gasteiger partial charge is 0.261 e. The van der Waals surface area contributed by atoms with Crippen LogP contribution < -0.4 is 0 Å². The Labute approximate surface area is 84.4 Å². The highest BCUT2D eigenvalue weighted by atomic mass is 32.1. The van der Waals surface area contributed by atoms with Crippen LogP contribution in [0.1, 0.15) is 0 Å². The van der Waals surface area contributed by atoms with Gasteiger partial charge in [-0.05, 0) is 34.0 Å². The second-order valence-corrected chi connectivity index (χ2v) is 3.78. The summed E-state index contributed by atoms with van der Waals surface area (Å²) in [6.45, 7) is 0. The van der Waals surface area contributed by atoms with Crippen LogP contribution in [-0.4, -0.2) is 15.2 Å². The van der Waals surface area contributed by atoms with Crippen LogP contribution in [0, 0.1) is 0 Å². The van der Waals surface area contributed by atoms with E-state index in [1.807, 2.05) is 12.3 Å². The summed E-state index contributed by atoms with van der Waals surface area (Å²) < 4.78 is 0. The Morgan fingerprint density at radius 2 is 2.29 bits per heavy atom. The molecule has 0 spiro atoms. The molecule has 14 heavy (non-hydrogen) atoms. The Bertz CT molecular complexity index is 554. The highest BCUT2D eigenvalue weighted by molar-refractivity contribution is 7.08. The van der Waals surface area contributed by atoms with Gasteiger partial charge in [0, 0.05) is 11.6 Å². The maximum absolute atomic E-state index is 4.20. The number of aromatic amines is 1. The smallest absolute Gasteiger partial charge is 0.155 e. The van der Waals surface area contributed by atoms with Crippen molar-refractivity contribution in [2.45, 2.75) is 0 Å². The molecule has 0 unspecified atom stereocenters. The highest BCUT2D eigenvalue weighted by Gasteiger charge is 2.05. The first kappa shape index (κ1) is 7.70. The molecule has 68 valence electrons. The van der Waals surface area contributed by atoms with Crippen molar-refractivity contribution in [3.63, 3.8) is 0 Å². The molecule has 0 aliphatic rings. The Kier molecular flexibility index (Phi) is 1.61. The van der Waals surface area contributed by atoms with Crippen molar-refractivity contribution in [2.24, 2.45) is 0 Å². The normalized spacial score (nSPS) is 10.9. The SMILES string of the molecule is c1cc(-c2ccsc2)c2cn[nH]c2n1. The van der Waals surface area contributed by atoms with Crippen LogP contribution in [0.4, 0.5) is 0 Å². The molecule has 0 bridgehead atoms. The molecule has 0 amide bonds. The van der Waals surface area contributed by atoms with Crippen molar-refractivity contribution in [2.75, 3.05) is 0 Å². The van der Waals surface area contributed by atoms with Crippen LogP contribution in [0.5, 0.6) is 0 Å². The van der Waals surface area contributed by atoms with Gasteiger partial charge in [-0.2, -0.15) is 16.4 Å². The zero-order valence-electron chi connectivity index (χ0n) is 7.27. The van der Waals surface area contributed by atoms with E-state index in [4.69, 9.17) is 0 Å². The molecule has 0 fully saturated rings. The average molecular weight is 201 g/mol. The third-order valence-corrected chi connectivity index (χ3v) is 2.87. The molecular weight excluding hydrogens is 194 g/mol. The van der Waals surface area contributed by atoms with Gasteiger partial charge in [0.05, 0.1) is 6.20 Å². The first-order valence-corrected chi connectivity index (χ1v) is 5.20. The predicted molar refractivity (Wildman–Crippen MR) is 57.2 cm³/mol. The monoisotopic (exact) mass is 201 g/mol. The minimum absolute atomic E-state index is 0.841. The van der Waals surface area contributed by atoms with Crippen molar-refractivity contribution in [3.05, 3.63) is 35.3 Å². The van der Waals surface area contributed by atoms with Gasteiger partial charge in [0.15, 0.2) is 5.65 Å². The summed E-state index contributed by atoms with van der Waals surface area (Å²) >= 11 is 1.69. The zero-order chi connectivity index (χ0) is 9.38. The number of nitrogens with one attached hydrogen (secondary N) is 1. The Balaban J connectivity index is 2.36. The fourth-order valence-electron chi connectivity index (χ4n) is 1.52. The van der Waals surface area contributed by atoms with E-state index in [2.05, 4.69) is 32.0 Å². The molecule has 3 rings (SSSR count). The molecule has 3 heterocycles. The van der Waals surface area contributed by atoms with Crippen molar-refractivity contribution in [1.82, 2.24) is 15.2 Å². The number of H-pyrrole nitrogens is 1. The summed E-state index contributed by atoms with van der Waals surface area (Å²) in [4.78, 5) is 4.20. The van der Waals surface area contributed by atoms with Crippen LogP contribution in [0.15, 0.2) is 35.3 Å². The number of nitrogens with zero attached hydrogens (tertiary/aromatic N) is 2. The van der Waals surface area contributed by atoms with Crippen LogP contribution >= 0.6 is 11.3 Å². The number of thiophene rings is 1. The van der Waals surface area contributed by atoms with E-state index in [-0.39, 0.29) is 0 Å². The Morgan fingerprint density at radius 3 is 3.14 bits per heavy atom. The van der Waals surface area contributed by atoms with Gasteiger partial charge in [-0.25, -0.2) is 4.98 Å². The molecule has 0 saturated heterocycles. The van der Waals surface area contributed by atoms with Gasteiger partial charge in [-0.1, -0.05) is 0 Å². The minimum Gasteiger partial charge on any atom is -0.261 e. The number of rotatable bonds is 1. The van der Waals surface area contributed by atoms with Crippen molar-refractivity contribution in [1.29, 1.82) is 0 Å². The summed E-state index contributed by atoms with van der Waals surface area (Å²) in [5.74, 6) is 0. The summed E-state index contributed by atoms with van der Waals surface area (Å²) in [5, 5.41) is 12.1. The van der Waals surface area contributed by atoms with Gasteiger partial charge in [-0.3, -0.25) is 5.10 Å². The lowest BCUT2D eigenvalue weighted by Crippen LogP contribution is -1.79. The van der Waals surface area contributed by atoms with Gasteiger partial charge >= 0.3 is 0 Å². The van der Waals surface area contributed by atoms with Gasteiger partial charge in [0.25, 0.3) is 0 Å². The third kappa shape index (κ3) is 1.04. The van der Waals surface area contributed by atoms with Crippen molar-refractivity contribution >= 4 is 22.4 Å². The average Bonchev–Trinajstić information content (AvgIpc) is 2.88. The third-order valence-electron chi connectivity index (χ3n) is 2.19. The fourth-order valence-corrected chi connectivity index (χ4v) is 2.18. The molecule has 1 N–H and O–H groups in total. The number of hydrogen-bond donors (Lipinski definition) is 1. The number of fused-ring (bicyclic) bond motifs is 1. The van der Waals surface area contributed by atoms with Gasteiger partial charge in [0.1, 0.15) is 0 Å². The molecule has 0 saturated carbocycles. The first-order chi connectivity index (χ1) is 6.95. The quantitative estimate of drug-likeness (QED) is 0.657. The lowest BCUT2D eigenvalue weighted by atomic mass is 10.1. The van der Waals surface area contributed by atoms with Crippen LogP contribution in [0.2, 0.25) is 0 Å². The number of pyridine rings is 1. The second-order valence-electron chi connectivity index (χ2n) is 3.00. The van der Waals surface area contributed by atoms with Crippen LogP contribution in [0.3, 0.4) is 0 Å². The van der Waals surface area contributed by atoms with Crippen molar-refractivity contribution in [3.8, 4) is 11.1 Å². The molecular formula is C10H7N3S. The minimum atomic E-state index is 0.841. The number of aromatic nitrogens is 3. The maximum Gasteiger partial charge on any atom is 0.155 e. The predicted octanol–water partition coefficient (Wildman–Crippen LogP) is 2.69. The molecule has 0 radical (unpaired) electrons. The van der Waals surface area contributed by atoms with Gasteiger partial charge < -0.3 is 0 Å². The molecule has 0 aliphatic heterocycles. The zero-order valence-corrected chi connectivity index (χ0v) is 8.08. The fraction of sp³-hybridized carbons (Fsp3) is 0. The van der Waals surface area contributed by atoms with Gasteiger partial charge in [-0.15, -0.1) is 0 Å². The molecule has 0 aliphatic carbocycles. The van der Waals surface area contributed by atoms with Gasteiger partial charge in [0.2, 0.25) is 0 Å². The van der Waals surface area contributed by atoms with E-state index in [9.17, 15) is 0 Å². The Hall–Kier alpha value is -1.68. The first-order valence-electron chi connectivity index (χ1n) is 4.26. The van der Waals surface area contributed by atoms with Crippen LogP contribution in [0.25, 0.3) is 22.2 Å². The van der Waals surface area contributed by atoms with E-state index >= 15 is 0 Å². The molecule has 0 atom stereocenters.